The van der Waals surface area contributed by atoms with Crippen molar-refractivity contribution >= 4 is 17.3 Å². The summed E-state index contributed by atoms with van der Waals surface area (Å²) in [7, 11) is 1.60. The number of rotatable bonds is 5. The molecule has 2 aromatic carbocycles. The Labute approximate surface area is 148 Å². The average Bonchev–Trinajstić information content (AvgIpc) is 2.64. The van der Waals surface area contributed by atoms with Gasteiger partial charge >= 0.3 is 0 Å². The lowest BCUT2D eigenvalue weighted by molar-refractivity contribution is -0.121. The van der Waals surface area contributed by atoms with E-state index in [1.807, 2.05) is 6.07 Å². The number of hydrogen-bond donors (Lipinski definition) is 2. The number of nitrogens with one attached hydrogen (secondary N) is 1. The van der Waals surface area contributed by atoms with Crippen molar-refractivity contribution in [3.8, 4) is 5.75 Å². The maximum Gasteiger partial charge on any atom is 0.228 e. The van der Waals surface area contributed by atoms with Gasteiger partial charge in [-0.25, -0.2) is 0 Å². The van der Waals surface area contributed by atoms with Crippen LogP contribution in [-0.2, 0) is 11.3 Å². The molecule has 1 aliphatic heterocycles. The Kier molecular flexibility index (Phi) is 5.56. The molecule has 0 aromatic heterocycles. The van der Waals surface area contributed by atoms with E-state index in [-0.39, 0.29) is 11.8 Å². The van der Waals surface area contributed by atoms with Gasteiger partial charge in [-0.05, 0) is 37.1 Å². The Morgan fingerprint density at radius 1 is 1.28 bits per heavy atom. The third kappa shape index (κ3) is 4.51. The van der Waals surface area contributed by atoms with Gasteiger partial charge in [0.05, 0.1) is 24.4 Å². The van der Waals surface area contributed by atoms with Gasteiger partial charge in [0.1, 0.15) is 5.75 Å². The van der Waals surface area contributed by atoms with Crippen LogP contribution in [0.15, 0.2) is 48.5 Å². The molecule has 1 unspecified atom stereocenters. The highest BCUT2D eigenvalue weighted by Crippen LogP contribution is 2.26. The molecule has 5 heteroatoms. The summed E-state index contributed by atoms with van der Waals surface area (Å²) in [5.41, 5.74) is 8.41. The zero-order valence-corrected chi connectivity index (χ0v) is 14.6. The number of likely N-dealkylation sites (tertiary alicyclic amines) is 1. The molecule has 3 N–H and O–H groups in total. The first-order valence-electron chi connectivity index (χ1n) is 8.66. The second kappa shape index (κ2) is 8.03. The highest BCUT2D eigenvalue weighted by atomic mass is 16.5. The number of anilines is 2. The molecule has 2 aromatic rings. The largest absolute Gasteiger partial charge is 0.497 e. The van der Waals surface area contributed by atoms with E-state index < -0.39 is 0 Å². The van der Waals surface area contributed by atoms with Gasteiger partial charge in [-0.2, -0.15) is 0 Å². The maximum atomic E-state index is 12.7. The lowest BCUT2D eigenvalue weighted by Crippen LogP contribution is -2.40. The van der Waals surface area contributed by atoms with Crippen molar-refractivity contribution in [2.75, 3.05) is 31.2 Å². The minimum absolute atomic E-state index is 0.0249. The third-order valence-corrected chi connectivity index (χ3v) is 4.64. The molecular formula is C20H25N3O2. The molecule has 3 rings (SSSR count). The number of carbonyl (C=O) groups excluding carboxylic acids is 1. The summed E-state index contributed by atoms with van der Waals surface area (Å²) >= 11 is 0. The van der Waals surface area contributed by atoms with Crippen LogP contribution in [0.5, 0.6) is 5.75 Å². The molecule has 0 bridgehead atoms. The fourth-order valence-corrected chi connectivity index (χ4v) is 3.26. The van der Waals surface area contributed by atoms with Crippen molar-refractivity contribution in [3.63, 3.8) is 0 Å². The van der Waals surface area contributed by atoms with Crippen molar-refractivity contribution in [3.05, 3.63) is 54.1 Å². The van der Waals surface area contributed by atoms with Crippen LogP contribution >= 0.6 is 0 Å². The third-order valence-electron chi connectivity index (χ3n) is 4.64. The van der Waals surface area contributed by atoms with Gasteiger partial charge in [0.15, 0.2) is 0 Å². The fourth-order valence-electron chi connectivity index (χ4n) is 3.26. The molecule has 1 atom stereocenters. The van der Waals surface area contributed by atoms with Crippen LogP contribution in [0.3, 0.4) is 0 Å². The van der Waals surface area contributed by atoms with Gasteiger partial charge in [0.2, 0.25) is 5.91 Å². The van der Waals surface area contributed by atoms with Crippen molar-refractivity contribution in [2.24, 2.45) is 5.92 Å². The second-order valence-corrected chi connectivity index (χ2v) is 6.50. The van der Waals surface area contributed by atoms with Gasteiger partial charge in [-0.15, -0.1) is 0 Å². The summed E-state index contributed by atoms with van der Waals surface area (Å²) in [6.45, 7) is 2.68. The molecule has 25 heavy (non-hydrogen) atoms. The normalized spacial score (nSPS) is 17.9. The number of nitrogen functional groups attached to an aromatic ring is 1. The van der Waals surface area contributed by atoms with Crippen molar-refractivity contribution in [1.29, 1.82) is 0 Å². The first kappa shape index (κ1) is 17.3. The second-order valence-electron chi connectivity index (χ2n) is 6.50. The smallest absolute Gasteiger partial charge is 0.228 e. The van der Waals surface area contributed by atoms with Crippen molar-refractivity contribution in [1.82, 2.24) is 4.90 Å². The Hall–Kier alpha value is -2.53. The number of methoxy groups -OCH3 is 1. The van der Waals surface area contributed by atoms with Gasteiger partial charge < -0.3 is 15.8 Å². The molecule has 0 radical (unpaired) electrons. The Morgan fingerprint density at radius 3 is 2.84 bits per heavy atom. The topological polar surface area (TPSA) is 67.6 Å². The average molecular weight is 339 g/mol. The summed E-state index contributed by atoms with van der Waals surface area (Å²) in [5, 5.41) is 2.97. The van der Waals surface area contributed by atoms with Crippen LogP contribution < -0.4 is 15.8 Å². The zero-order chi connectivity index (χ0) is 17.6. The Bertz CT molecular complexity index is 718. The van der Waals surface area contributed by atoms with Crippen LogP contribution in [0, 0.1) is 5.92 Å². The van der Waals surface area contributed by atoms with E-state index in [9.17, 15) is 4.79 Å². The summed E-state index contributed by atoms with van der Waals surface area (Å²) in [6.07, 6.45) is 1.93. The lowest BCUT2D eigenvalue weighted by Gasteiger charge is -2.32. The SMILES string of the molecule is COc1ccc(N)c(NC(=O)C2CCCN(Cc3ccccc3)C2)c1. The molecule has 1 aliphatic rings. The molecule has 132 valence electrons. The molecule has 0 spiro atoms. The number of amides is 1. The Morgan fingerprint density at radius 2 is 2.08 bits per heavy atom. The van der Waals surface area contributed by atoms with Crippen LogP contribution in [0.25, 0.3) is 0 Å². The van der Waals surface area contributed by atoms with E-state index in [1.54, 1.807) is 25.3 Å². The minimum atomic E-state index is -0.0249. The summed E-state index contributed by atoms with van der Waals surface area (Å²) in [5.74, 6) is 0.680. The van der Waals surface area contributed by atoms with Gasteiger partial charge in [0, 0.05) is 19.2 Å². The lowest BCUT2D eigenvalue weighted by atomic mass is 9.96. The summed E-state index contributed by atoms with van der Waals surface area (Å²) < 4.78 is 5.21. The Balaban J connectivity index is 1.62. The summed E-state index contributed by atoms with van der Waals surface area (Å²) in [4.78, 5) is 15.0. The first-order chi connectivity index (χ1) is 12.2. The molecule has 1 heterocycles. The zero-order valence-electron chi connectivity index (χ0n) is 14.6. The molecule has 0 saturated carbocycles. The van der Waals surface area contributed by atoms with Crippen molar-refractivity contribution < 1.29 is 9.53 Å². The van der Waals surface area contributed by atoms with Crippen LogP contribution in [0.1, 0.15) is 18.4 Å². The van der Waals surface area contributed by atoms with E-state index >= 15 is 0 Å². The van der Waals surface area contributed by atoms with Gasteiger partial charge in [0.25, 0.3) is 0 Å². The molecule has 1 fully saturated rings. The monoisotopic (exact) mass is 339 g/mol. The van der Waals surface area contributed by atoms with Gasteiger partial charge in [-0.3, -0.25) is 9.69 Å². The van der Waals surface area contributed by atoms with E-state index in [4.69, 9.17) is 10.5 Å². The predicted molar refractivity (Wildman–Crippen MR) is 100 cm³/mol. The predicted octanol–water partition coefficient (Wildman–Crippen LogP) is 3.13. The quantitative estimate of drug-likeness (QED) is 0.821. The maximum absolute atomic E-state index is 12.7. The van der Waals surface area contributed by atoms with Crippen LogP contribution in [0.4, 0.5) is 11.4 Å². The highest BCUT2D eigenvalue weighted by Gasteiger charge is 2.26. The van der Waals surface area contributed by atoms with Crippen LogP contribution in [0.2, 0.25) is 0 Å². The molecule has 5 nitrogen and oxygen atoms in total. The van der Waals surface area contributed by atoms with Crippen molar-refractivity contribution in [2.45, 2.75) is 19.4 Å². The van der Waals surface area contributed by atoms with Gasteiger partial charge in [-0.1, -0.05) is 30.3 Å². The van der Waals surface area contributed by atoms with Crippen LogP contribution in [-0.4, -0.2) is 31.0 Å². The molecule has 1 saturated heterocycles. The van der Waals surface area contributed by atoms with E-state index in [0.29, 0.717) is 17.1 Å². The number of benzene rings is 2. The van der Waals surface area contributed by atoms with E-state index in [2.05, 4.69) is 34.5 Å². The molecular weight excluding hydrogens is 314 g/mol. The number of nitrogens with zero attached hydrogens (tertiary/aromatic N) is 1. The number of nitrogens with two attached hydrogens (primary N) is 1. The molecule has 0 aliphatic carbocycles. The fraction of sp³-hybridized carbons (Fsp3) is 0.350. The number of carbonyl (C=O) groups is 1. The molecule has 1 amide bonds. The number of piperidine rings is 1. The standard InChI is InChI=1S/C20H25N3O2/c1-25-17-9-10-18(21)19(12-17)22-20(24)16-8-5-11-23(14-16)13-15-6-3-2-4-7-15/h2-4,6-7,9-10,12,16H,5,8,11,13-14,21H2,1H3,(H,22,24). The minimum Gasteiger partial charge on any atom is -0.497 e. The number of ether oxygens (including phenoxy) is 1. The highest BCUT2D eigenvalue weighted by molar-refractivity contribution is 5.95. The summed E-state index contributed by atoms with van der Waals surface area (Å²) in [6, 6.07) is 15.7. The number of hydrogen-bond acceptors (Lipinski definition) is 4. The first-order valence-corrected chi connectivity index (χ1v) is 8.66. The van der Waals surface area contributed by atoms with E-state index in [1.165, 1.54) is 5.56 Å². The van der Waals surface area contributed by atoms with E-state index in [0.717, 1.165) is 32.5 Å².